The summed E-state index contributed by atoms with van der Waals surface area (Å²) in [7, 11) is 0. The van der Waals surface area contributed by atoms with Crippen molar-refractivity contribution in [3.63, 3.8) is 0 Å². The van der Waals surface area contributed by atoms with Crippen molar-refractivity contribution in [2.24, 2.45) is 0 Å². The highest BCUT2D eigenvalue weighted by Crippen LogP contribution is 2.07. The number of ether oxygens (including phenoxy) is 2. The molecule has 0 saturated carbocycles. The van der Waals surface area contributed by atoms with Crippen molar-refractivity contribution in [3.8, 4) is 12.3 Å². The Morgan fingerprint density at radius 1 is 1.88 bits per heavy atom. The van der Waals surface area contributed by atoms with Gasteiger partial charge in [-0.25, -0.2) is 0 Å². The standard InChI is InChI=1S/C6H8O2/c1-2-3-7-4-6-5-8-6/h1,6H,3-5H2/t6-/m0/s1. The molecule has 0 aliphatic carbocycles. The smallest absolute Gasteiger partial charge is 0.107 e. The molecule has 1 saturated heterocycles. The maximum Gasteiger partial charge on any atom is 0.107 e. The Kier molecular flexibility index (Phi) is 1.90. The Balaban J connectivity index is 1.83. The second-order valence-electron chi connectivity index (χ2n) is 1.67. The van der Waals surface area contributed by atoms with E-state index in [1.807, 2.05) is 0 Å². The van der Waals surface area contributed by atoms with Gasteiger partial charge in [-0.05, 0) is 0 Å². The first-order chi connectivity index (χ1) is 3.93. The predicted octanol–water partition coefficient (Wildman–Crippen LogP) is 0.0350. The van der Waals surface area contributed by atoms with E-state index in [-0.39, 0.29) is 0 Å². The Labute approximate surface area is 48.8 Å². The van der Waals surface area contributed by atoms with Crippen LogP contribution in [0.2, 0.25) is 0 Å². The molecule has 0 N–H and O–H groups in total. The lowest BCUT2D eigenvalue weighted by Gasteiger charge is -1.91. The topological polar surface area (TPSA) is 21.8 Å². The fourth-order valence-electron chi connectivity index (χ4n) is 0.414. The van der Waals surface area contributed by atoms with E-state index in [9.17, 15) is 0 Å². The SMILES string of the molecule is C#CCOC[C@H]1CO1. The van der Waals surface area contributed by atoms with Crippen LogP contribution in [0.15, 0.2) is 0 Å². The van der Waals surface area contributed by atoms with Gasteiger partial charge in [0.2, 0.25) is 0 Å². The minimum Gasteiger partial charge on any atom is -0.371 e. The lowest BCUT2D eigenvalue weighted by molar-refractivity contribution is 0.145. The van der Waals surface area contributed by atoms with Gasteiger partial charge in [-0.1, -0.05) is 5.92 Å². The quantitative estimate of drug-likeness (QED) is 0.292. The monoisotopic (exact) mass is 112 g/mol. The van der Waals surface area contributed by atoms with Crippen LogP contribution in [-0.2, 0) is 9.47 Å². The zero-order chi connectivity index (χ0) is 5.82. The van der Waals surface area contributed by atoms with Crippen molar-refractivity contribution in [3.05, 3.63) is 0 Å². The van der Waals surface area contributed by atoms with Crippen LogP contribution in [0.5, 0.6) is 0 Å². The van der Waals surface area contributed by atoms with Gasteiger partial charge in [0.15, 0.2) is 0 Å². The Morgan fingerprint density at radius 3 is 3.12 bits per heavy atom. The maximum atomic E-state index is 4.95. The lowest BCUT2D eigenvalue weighted by Crippen LogP contribution is -2.00. The molecule has 1 aliphatic heterocycles. The number of epoxide rings is 1. The lowest BCUT2D eigenvalue weighted by atomic mass is 10.5. The number of rotatable bonds is 3. The van der Waals surface area contributed by atoms with Crippen molar-refractivity contribution < 1.29 is 9.47 Å². The molecule has 0 aromatic heterocycles. The highest BCUT2D eigenvalue weighted by molar-refractivity contribution is 4.83. The van der Waals surface area contributed by atoms with Crippen LogP contribution in [-0.4, -0.2) is 25.9 Å². The summed E-state index contributed by atoms with van der Waals surface area (Å²) in [6, 6.07) is 0. The number of hydrogen-bond acceptors (Lipinski definition) is 2. The molecular formula is C6H8O2. The molecule has 2 nitrogen and oxygen atoms in total. The largest absolute Gasteiger partial charge is 0.371 e. The molecule has 0 bridgehead atoms. The molecule has 1 atom stereocenters. The van der Waals surface area contributed by atoms with Crippen molar-refractivity contribution in [2.45, 2.75) is 6.10 Å². The van der Waals surface area contributed by atoms with Gasteiger partial charge in [0.1, 0.15) is 12.7 Å². The van der Waals surface area contributed by atoms with Crippen LogP contribution in [0.4, 0.5) is 0 Å². The molecule has 1 fully saturated rings. The van der Waals surface area contributed by atoms with Crippen LogP contribution >= 0.6 is 0 Å². The summed E-state index contributed by atoms with van der Waals surface area (Å²) < 4.78 is 9.81. The predicted molar refractivity (Wildman–Crippen MR) is 29.4 cm³/mol. The molecule has 0 unspecified atom stereocenters. The average molecular weight is 112 g/mol. The van der Waals surface area contributed by atoms with Crippen molar-refractivity contribution in [1.82, 2.24) is 0 Å². The van der Waals surface area contributed by atoms with Gasteiger partial charge >= 0.3 is 0 Å². The van der Waals surface area contributed by atoms with Crippen LogP contribution < -0.4 is 0 Å². The second kappa shape index (κ2) is 2.71. The van der Waals surface area contributed by atoms with Gasteiger partial charge in [-0.3, -0.25) is 0 Å². The molecule has 2 heteroatoms. The molecule has 0 aromatic rings. The molecule has 0 aromatic carbocycles. The molecule has 0 radical (unpaired) electrons. The van der Waals surface area contributed by atoms with Crippen molar-refractivity contribution in [2.75, 3.05) is 19.8 Å². The molecule has 1 rings (SSSR count). The summed E-state index contributed by atoms with van der Waals surface area (Å²) >= 11 is 0. The van der Waals surface area contributed by atoms with Gasteiger partial charge in [0.25, 0.3) is 0 Å². The molecule has 44 valence electrons. The van der Waals surface area contributed by atoms with Gasteiger partial charge in [0.05, 0.1) is 13.2 Å². The van der Waals surface area contributed by atoms with E-state index in [0.717, 1.165) is 6.61 Å². The van der Waals surface area contributed by atoms with E-state index in [1.54, 1.807) is 0 Å². The van der Waals surface area contributed by atoms with Gasteiger partial charge in [0, 0.05) is 0 Å². The Bertz CT molecular complexity index is 99.6. The molecule has 1 aliphatic rings. The highest BCUT2D eigenvalue weighted by Gasteiger charge is 2.21. The van der Waals surface area contributed by atoms with Crippen LogP contribution in [0, 0.1) is 12.3 Å². The van der Waals surface area contributed by atoms with E-state index in [1.165, 1.54) is 0 Å². The third-order valence-electron chi connectivity index (χ3n) is 0.892. The molecule has 8 heavy (non-hydrogen) atoms. The molecule has 1 heterocycles. The first-order valence-corrected chi connectivity index (χ1v) is 2.56. The van der Waals surface area contributed by atoms with Crippen LogP contribution in [0.3, 0.4) is 0 Å². The third kappa shape index (κ3) is 1.97. The van der Waals surface area contributed by atoms with Gasteiger partial charge in [-0.15, -0.1) is 6.42 Å². The molecule has 0 spiro atoms. The van der Waals surface area contributed by atoms with Crippen LogP contribution in [0.1, 0.15) is 0 Å². The van der Waals surface area contributed by atoms with E-state index in [0.29, 0.717) is 19.3 Å². The molecule has 0 amide bonds. The zero-order valence-corrected chi connectivity index (χ0v) is 4.59. The minimum atomic E-state index is 0.336. The average Bonchev–Trinajstić information content (AvgIpc) is 2.51. The van der Waals surface area contributed by atoms with Crippen molar-refractivity contribution >= 4 is 0 Å². The molecular weight excluding hydrogens is 104 g/mol. The number of hydrogen-bond donors (Lipinski definition) is 0. The number of terminal acetylenes is 1. The summed E-state index contributed by atoms with van der Waals surface area (Å²) in [4.78, 5) is 0. The summed E-state index contributed by atoms with van der Waals surface area (Å²) in [5.41, 5.74) is 0. The van der Waals surface area contributed by atoms with Gasteiger partial charge in [-0.2, -0.15) is 0 Å². The normalized spacial score (nSPS) is 24.6. The maximum absolute atomic E-state index is 4.95. The highest BCUT2D eigenvalue weighted by atomic mass is 16.6. The fourth-order valence-corrected chi connectivity index (χ4v) is 0.414. The van der Waals surface area contributed by atoms with Crippen molar-refractivity contribution in [1.29, 1.82) is 0 Å². The minimum absolute atomic E-state index is 0.336. The summed E-state index contributed by atoms with van der Waals surface area (Å²) in [6.45, 7) is 1.90. The second-order valence-corrected chi connectivity index (χ2v) is 1.67. The first kappa shape index (κ1) is 5.61. The van der Waals surface area contributed by atoms with E-state index in [2.05, 4.69) is 5.92 Å². The van der Waals surface area contributed by atoms with Crippen LogP contribution in [0.25, 0.3) is 0 Å². The Hall–Kier alpha value is -0.520. The van der Waals surface area contributed by atoms with E-state index < -0.39 is 0 Å². The summed E-state index contributed by atoms with van der Waals surface area (Å²) in [6.07, 6.45) is 5.26. The zero-order valence-electron chi connectivity index (χ0n) is 4.59. The third-order valence-corrected chi connectivity index (χ3v) is 0.892. The van der Waals surface area contributed by atoms with E-state index >= 15 is 0 Å². The van der Waals surface area contributed by atoms with E-state index in [4.69, 9.17) is 15.9 Å². The first-order valence-electron chi connectivity index (χ1n) is 2.56. The summed E-state index contributed by atoms with van der Waals surface area (Å²) in [5, 5.41) is 0. The summed E-state index contributed by atoms with van der Waals surface area (Å²) in [5.74, 6) is 2.37. The fraction of sp³-hybridized carbons (Fsp3) is 0.667. The van der Waals surface area contributed by atoms with Gasteiger partial charge < -0.3 is 9.47 Å². The Morgan fingerprint density at radius 2 is 2.62 bits per heavy atom.